The van der Waals surface area contributed by atoms with Gasteiger partial charge in [-0.3, -0.25) is 0 Å². The van der Waals surface area contributed by atoms with Crippen molar-refractivity contribution < 1.29 is 23.8 Å². The van der Waals surface area contributed by atoms with E-state index in [4.69, 9.17) is 31.6 Å². The zero-order valence-corrected chi connectivity index (χ0v) is 21.6. The lowest BCUT2D eigenvalue weighted by Gasteiger charge is -2.35. The molecular formula is C28H34ClF2N3O3. The van der Waals surface area contributed by atoms with Gasteiger partial charge in [-0.05, 0) is 55.9 Å². The Morgan fingerprint density at radius 1 is 0.973 bits per heavy atom. The average molecular weight is 534 g/mol. The van der Waals surface area contributed by atoms with Crippen molar-refractivity contribution in [2.75, 3.05) is 6.54 Å². The fourth-order valence-corrected chi connectivity index (χ4v) is 5.94. The summed E-state index contributed by atoms with van der Waals surface area (Å²) in [5.41, 5.74) is 2.08. The SMILES string of the molecule is Fc1cc2nc(-c3ccc(Cl)cc3)n(C(CNC3CCCCC3)C3CCCCC3)c2cc1F.O=C(O)O. The number of carbonyl (C=O) groups is 1. The van der Waals surface area contributed by atoms with Gasteiger partial charge in [-0.1, -0.05) is 50.1 Å². The second kappa shape index (κ2) is 12.7. The van der Waals surface area contributed by atoms with E-state index in [-0.39, 0.29) is 6.04 Å². The van der Waals surface area contributed by atoms with E-state index < -0.39 is 17.8 Å². The highest BCUT2D eigenvalue weighted by atomic mass is 35.5. The first kappa shape index (κ1) is 27.3. The summed E-state index contributed by atoms with van der Waals surface area (Å²) in [6.45, 7) is 0.820. The quantitative estimate of drug-likeness (QED) is 0.300. The van der Waals surface area contributed by atoms with Crippen LogP contribution in [0.4, 0.5) is 13.6 Å². The molecule has 2 fully saturated rings. The number of fused-ring (bicyclic) bond motifs is 1. The van der Waals surface area contributed by atoms with Crippen molar-refractivity contribution in [3.05, 3.63) is 53.1 Å². The molecule has 2 saturated carbocycles. The molecule has 2 aliphatic rings. The van der Waals surface area contributed by atoms with Gasteiger partial charge < -0.3 is 20.1 Å². The molecular weight excluding hydrogens is 500 g/mol. The fourth-order valence-electron chi connectivity index (χ4n) is 5.81. The first-order valence-electron chi connectivity index (χ1n) is 13.1. The van der Waals surface area contributed by atoms with Gasteiger partial charge in [0.25, 0.3) is 0 Å². The second-order valence-corrected chi connectivity index (χ2v) is 10.5. The summed E-state index contributed by atoms with van der Waals surface area (Å²) < 4.78 is 30.8. The molecule has 9 heteroatoms. The standard InChI is InChI=1S/C27H32ClF2N3.CH2O3/c28-20-13-11-19(12-14-20)27-32-24-15-22(29)23(30)16-25(24)33(27)26(18-7-3-1-4-8-18)17-31-21-9-5-2-6-10-21;2-1(3)4/h11-16,18,21,26,31H,1-10,17H2;(H2,2,3,4). The van der Waals surface area contributed by atoms with E-state index in [1.165, 1.54) is 63.5 Å². The van der Waals surface area contributed by atoms with Crippen LogP contribution in [0.3, 0.4) is 0 Å². The van der Waals surface area contributed by atoms with Gasteiger partial charge in [-0.15, -0.1) is 0 Å². The summed E-state index contributed by atoms with van der Waals surface area (Å²) in [7, 11) is 0. The Kier molecular flexibility index (Phi) is 9.38. The van der Waals surface area contributed by atoms with Crippen LogP contribution in [0.25, 0.3) is 22.4 Å². The van der Waals surface area contributed by atoms with Crippen LogP contribution in [0, 0.1) is 17.6 Å². The second-order valence-electron chi connectivity index (χ2n) is 10.1. The zero-order valence-electron chi connectivity index (χ0n) is 20.8. The van der Waals surface area contributed by atoms with Crippen LogP contribution in [-0.4, -0.2) is 38.5 Å². The number of nitrogens with zero attached hydrogens (tertiary/aromatic N) is 2. The van der Waals surface area contributed by atoms with Gasteiger partial charge in [0.05, 0.1) is 17.1 Å². The topological polar surface area (TPSA) is 87.4 Å². The number of carboxylic acid groups (broad SMARTS) is 2. The zero-order chi connectivity index (χ0) is 26.4. The average Bonchev–Trinajstić information content (AvgIpc) is 3.24. The van der Waals surface area contributed by atoms with Crippen molar-refractivity contribution >= 4 is 28.8 Å². The van der Waals surface area contributed by atoms with Crippen molar-refractivity contribution in [1.82, 2.24) is 14.9 Å². The third kappa shape index (κ3) is 6.99. The number of rotatable bonds is 6. The molecule has 2 aliphatic carbocycles. The Hall–Kier alpha value is -2.71. The highest BCUT2D eigenvalue weighted by molar-refractivity contribution is 6.30. The molecule has 1 unspecified atom stereocenters. The van der Waals surface area contributed by atoms with E-state index in [1.807, 2.05) is 24.3 Å². The highest BCUT2D eigenvalue weighted by Gasteiger charge is 2.30. The Morgan fingerprint density at radius 3 is 2.16 bits per heavy atom. The monoisotopic (exact) mass is 533 g/mol. The molecule has 1 aromatic heterocycles. The molecule has 0 saturated heterocycles. The summed E-state index contributed by atoms with van der Waals surface area (Å²) in [6, 6.07) is 10.8. The molecule has 0 radical (unpaired) electrons. The number of hydrogen-bond donors (Lipinski definition) is 3. The lowest BCUT2D eigenvalue weighted by atomic mass is 9.83. The summed E-state index contributed by atoms with van der Waals surface area (Å²) >= 11 is 6.14. The fraction of sp³-hybridized carbons (Fsp3) is 0.500. The van der Waals surface area contributed by atoms with Gasteiger partial charge in [-0.2, -0.15) is 0 Å². The normalized spacial score (nSPS) is 17.8. The summed E-state index contributed by atoms with van der Waals surface area (Å²) in [4.78, 5) is 13.4. The molecule has 1 heterocycles. The van der Waals surface area contributed by atoms with Crippen LogP contribution in [0.5, 0.6) is 0 Å². The smallest absolute Gasteiger partial charge is 0.450 e. The number of aromatic nitrogens is 2. The molecule has 2 aromatic carbocycles. The molecule has 0 bridgehead atoms. The van der Waals surface area contributed by atoms with Crippen molar-refractivity contribution in [3.8, 4) is 11.4 Å². The summed E-state index contributed by atoms with van der Waals surface area (Å²) in [6.07, 6.45) is 10.5. The maximum absolute atomic E-state index is 14.4. The van der Waals surface area contributed by atoms with Gasteiger partial charge in [0, 0.05) is 35.3 Å². The Morgan fingerprint density at radius 2 is 1.54 bits per heavy atom. The molecule has 3 aromatic rings. The van der Waals surface area contributed by atoms with E-state index in [1.54, 1.807) is 0 Å². The maximum Gasteiger partial charge on any atom is 0.503 e. The van der Waals surface area contributed by atoms with E-state index in [0.29, 0.717) is 28.0 Å². The summed E-state index contributed by atoms with van der Waals surface area (Å²) in [5.74, 6) is -0.447. The molecule has 0 amide bonds. The Bertz CT molecular complexity index is 1190. The molecule has 200 valence electrons. The molecule has 5 rings (SSSR count). The van der Waals surface area contributed by atoms with E-state index in [9.17, 15) is 8.78 Å². The Balaban J connectivity index is 0.000000747. The van der Waals surface area contributed by atoms with Crippen molar-refractivity contribution in [2.24, 2.45) is 5.92 Å². The van der Waals surface area contributed by atoms with Gasteiger partial charge in [0.15, 0.2) is 11.6 Å². The number of nitrogens with one attached hydrogen (secondary N) is 1. The van der Waals surface area contributed by atoms with Crippen LogP contribution in [0.2, 0.25) is 5.02 Å². The lowest BCUT2D eigenvalue weighted by molar-refractivity contribution is 0.137. The van der Waals surface area contributed by atoms with Gasteiger partial charge in [0.1, 0.15) is 5.82 Å². The van der Waals surface area contributed by atoms with Gasteiger partial charge >= 0.3 is 6.16 Å². The van der Waals surface area contributed by atoms with Crippen LogP contribution in [-0.2, 0) is 0 Å². The Labute approximate surface area is 220 Å². The number of hydrogen-bond acceptors (Lipinski definition) is 3. The molecule has 1 atom stereocenters. The van der Waals surface area contributed by atoms with Crippen LogP contribution >= 0.6 is 11.6 Å². The molecule has 0 spiro atoms. The largest absolute Gasteiger partial charge is 0.503 e. The molecule has 0 aliphatic heterocycles. The number of benzene rings is 2. The minimum atomic E-state index is -1.83. The van der Waals surface area contributed by atoms with Gasteiger partial charge in [-0.25, -0.2) is 18.6 Å². The predicted octanol–water partition coefficient (Wildman–Crippen LogP) is 7.90. The highest BCUT2D eigenvalue weighted by Crippen LogP contribution is 2.38. The van der Waals surface area contributed by atoms with Crippen molar-refractivity contribution in [2.45, 2.75) is 76.3 Å². The van der Waals surface area contributed by atoms with Crippen LogP contribution in [0.1, 0.15) is 70.3 Å². The van der Waals surface area contributed by atoms with Crippen molar-refractivity contribution in [3.63, 3.8) is 0 Å². The van der Waals surface area contributed by atoms with E-state index in [0.717, 1.165) is 30.8 Å². The minimum absolute atomic E-state index is 0.132. The van der Waals surface area contributed by atoms with E-state index >= 15 is 0 Å². The van der Waals surface area contributed by atoms with Crippen LogP contribution in [0.15, 0.2) is 36.4 Å². The molecule has 6 nitrogen and oxygen atoms in total. The van der Waals surface area contributed by atoms with Gasteiger partial charge in [0.2, 0.25) is 0 Å². The molecule has 37 heavy (non-hydrogen) atoms. The summed E-state index contributed by atoms with van der Waals surface area (Å²) in [5, 5.41) is 18.4. The lowest BCUT2D eigenvalue weighted by Crippen LogP contribution is -2.38. The van der Waals surface area contributed by atoms with E-state index in [2.05, 4.69) is 9.88 Å². The first-order chi connectivity index (χ1) is 17.8. The third-order valence-corrected chi connectivity index (χ3v) is 7.83. The first-order valence-corrected chi connectivity index (χ1v) is 13.5. The van der Waals surface area contributed by atoms with Crippen LogP contribution < -0.4 is 5.32 Å². The number of halogens is 3. The number of imidazole rings is 1. The molecule has 3 N–H and O–H groups in total. The van der Waals surface area contributed by atoms with Crippen molar-refractivity contribution in [1.29, 1.82) is 0 Å². The minimum Gasteiger partial charge on any atom is -0.450 e. The maximum atomic E-state index is 14.4. The third-order valence-electron chi connectivity index (χ3n) is 7.58. The predicted molar refractivity (Wildman–Crippen MR) is 141 cm³/mol.